The van der Waals surface area contributed by atoms with Gasteiger partial charge in [0.25, 0.3) is 0 Å². The summed E-state index contributed by atoms with van der Waals surface area (Å²) in [4.78, 5) is 4.31. The van der Waals surface area contributed by atoms with Crippen LogP contribution in [0.5, 0.6) is 11.5 Å². The van der Waals surface area contributed by atoms with E-state index in [0.717, 1.165) is 17.2 Å². The molecule has 0 bridgehead atoms. The molecule has 5 nitrogen and oxygen atoms in total. The van der Waals surface area contributed by atoms with Gasteiger partial charge in [0.15, 0.2) is 5.96 Å². The molecule has 0 amide bonds. The van der Waals surface area contributed by atoms with Crippen molar-refractivity contribution >= 4 is 11.6 Å². The molecule has 0 aromatic heterocycles. The Morgan fingerprint density at radius 1 is 1.17 bits per heavy atom. The zero-order valence-electron chi connectivity index (χ0n) is 13.7. The van der Waals surface area contributed by atoms with Gasteiger partial charge in [-0.25, -0.2) is 4.99 Å². The molecule has 0 aliphatic carbocycles. The first kappa shape index (κ1) is 16.7. The largest absolute Gasteiger partial charge is 0.497 e. The molecule has 0 aliphatic heterocycles. The summed E-state index contributed by atoms with van der Waals surface area (Å²) in [7, 11) is 1.64. The number of nitrogens with two attached hydrogens (primary N) is 1. The quantitative estimate of drug-likeness (QED) is 0.635. The Morgan fingerprint density at radius 3 is 2.52 bits per heavy atom. The third-order valence-corrected chi connectivity index (χ3v) is 3.21. The van der Waals surface area contributed by atoms with Crippen LogP contribution in [0.1, 0.15) is 12.5 Å². The van der Waals surface area contributed by atoms with E-state index in [2.05, 4.69) is 10.3 Å². The number of hydrogen-bond donors (Lipinski definition) is 2. The fraction of sp³-hybridized carbons (Fsp3) is 0.278. The first-order valence-corrected chi connectivity index (χ1v) is 7.51. The summed E-state index contributed by atoms with van der Waals surface area (Å²) >= 11 is 0. The summed E-state index contributed by atoms with van der Waals surface area (Å²) < 4.78 is 10.9. The van der Waals surface area contributed by atoms with Crippen LogP contribution in [0, 0.1) is 6.92 Å². The van der Waals surface area contributed by atoms with Crippen LogP contribution >= 0.6 is 0 Å². The molecule has 0 fully saturated rings. The van der Waals surface area contributed by atoms with Crippen molar-refractivity contribution in [3.63, 3.8) is 0 Å². The van der Waals surface area contributed by atoms with Gasteiger partial charge in [-0.2, -0.15) is 0 Å². The van der Waals surface area contributed by atoms with Gasteiger partial charge in [-0.15, -0.1) is 0 Å². The molecule has 0 radical (unpaired) electrons. The maximum atomic E-state index is 5.90. The number of rotatable bonds is 6. The smallest absolute Gasteiger partial charge is 0.193 e. The second kappa shape index (κ2) is 8.08. The highest BCUT2D eigenvalue weighted by molar-refractivity contribution is 5.92. The van der Waals surface area contributed by atoms with E-state index in [4.69, 9.17) is 15.2 Å². The highest BCUT2D eigenvalue weighted by Gasteiger charge is 2.04. The number of benzene rings is 2. The number of aliphatic imine (C=N–C) groups is 1. The van der Waals surface area contributed by atoms with Crippen LogP contribution in [0.2, 0.25) is 0 Å². The van der Waals surface area contributed by atoms with Crippen LogP contribution in [-0.2, 0) is 0 Å². The Labute approximate surface area is 137 Å². The second-order valence-corrected chi connectivity index (χ2v) is 5.32. The molecule has 0 saturated carbocycles. The number of ether oxygens (including phenoxy) is 2. The Kier molecular flexibility index (Phi) is 5.86. The molecule has 2 aromatic carbocycles. The van der Waals surface area contributed by atoms with Gasteiger partial charge in [0.1, 0.15) is 17.6 Å². The molecule has 2 rings (SSSR count). The summed E-state index contributed by atoms with van der Waals surface area (Å²) in [5.41, 5.74) is 7.99. The monoisotopic (exact) mass is 313 g/mol. The Bertz CT molecular complexity index is 654. The number of anilines is 1. The van der Waals surface area contributed by atoms with Gasteiger partial charge in [-0.3, -0.25) is 0 Å². The number of guanidine groups is 1. The van der Waals surface area contributed by atoms with Crippen molar-refractivity contribution in [3.05, 3.63) is 54.1 Å². The van der Waals surface area contributed by atoms with Crippen molar-refractivity contribution in [2.24, 2.45) is 10.7 Å². The number of nitrogens with zero attached hydrogens (tertiary/aromatic N) is 1. The van der Waals surface area contributed by atoms with Crippen LogP contribution in [0.25, 0.3) is 0 Å². The van der Waals surface area contributed by atoms with Crippen molar-refractivity contribution < 1.29 is 9.47 Å². The molecule has 3 N–H and O–H groups in total. The maximum Gasteiger partial charge on any atom is 0.193 e. The number of hydrogen-bond acceptors (Lipinski definition) is 3. The summed E-state index contributed by atoms with van der Waals surface area (Å²) in [6.07, 6.45) is -0.0822. The van der Waals surface area contributed by atoms with Gasteiger partial charge in [0.05, 0.1) is 13.7 Å². The summed E-state index contributed by atoms with van der Waals surface area (Å²) in [5.74, 6) is 1.95. The van der Waals surface area contributed by atoms with Crippen molar-refractivity contribution in [3.8, 4) is 11.5 Å². The van der Waals surface area contributed by atoms with E-state index in [9.17, 15) is 0 Å². The Balaban J connectivity index is 1.85. The lowest BCUT2D eigenvalue weighted by Crippen LogP contribution is -2.25. The minimum absolute atomic E-state index is 0.0822. The lowest BCUT2D eigenvalue weighted by atomic mass is 10.2. The topological polar surface area (TPSA) is 68.9 Å². The number of nitrogens with one attached hydrogen (secondary N) is 1. The molecule has 0 heterocycles. The van der Waals surface area contributed by atoms with Gasteiger partial charge in [-0.1, -0.05) is 12.1 Å². The summed E-state index contributed by atoms with van der Waals surface area (Å²) in [6.45, 7) is 4.45. The van der Waals surface area contributed by atoms with Crippen LogP contribution in [0.3, 0.4) is 0 Å². The molecule has 0 saturated heterocycles. The molecular weight excluding hydrogens is 290 g/mol. The van der Waals surface area contributed by atoms with Gasteiger partial charge in [-0.05, 0) is 55.8 Å². The van der Waals surface area contributed by atoms with Gasteiger partial charge in [0.2, 0.25) is 0 Å². The average Bonchev–Trinajstić information content (AvgIpc) is 2.54. The number of aryl methyl sites for hydroxylation is 1. The van der Waals surface area contributed by atoms with Crippen molar-refractivity contribution in [2.75, 3.05) is 19.0 Å². The fourth-order valence-electron chi connectivity index (χ4n) is 2.06. The zero-order chi connectivity index (χ0) is 16.7. The third-order valence-electron chi connectivity index (χ3n) is 3.21. The highest BCUT2D eigenvalue weighted by atomic mass is 16.5. The average molecular weight is 313 g/mol. The standard InChI is InChI=1S/C18H23N3O2/c1-13-5-4-6-15(11-13)21-18(19)20-12-14(2)23-17-9-7-16(22-3)8-10-17/h4-11,14H,12H2,1-3H3,(H3,19,20,21). The van der Waals surface area contributed by atoms with Crippen LogP contribution in [0.15, 0.2) is 53.5 Å². The van der Waals surface area contributed by atoms with E-state index in [1.165, 1.54) is 5.56 Å². The SMILES string of the molecule is COc1ccc(OC(C)CN=C(N)Nc2cccc(C)c2)cc1. The molecule has 2 aromatic rings. The minimum atomic E-state index is -0.0822. The highest BCUT2D eigenvalue weighted by Crippen LogP contribution is 2.18. The van der Waals surface area contributed by atoms with E-state index >= 15 is 0 Å². The summed E-state index contributed by atoms with van der Waals surface area (Å²) in [5, 5.41) is 3.07. The Morgan fingerprint density at radius 2 is 1.87 bits per heavy atom. The molecule has 1 unspecified atom stereocenters. The maximum absolute atomic E-state index is 5.90. The third kappa shape index (κ3) is 5.54. The normalized spacial score (nSPS) is 12.6. The molecule has 0 aliphatic rings. The van der Waals surface area contributed by atoms with Gasteiger partial charge >= 0.3 is 0 Å². The molecule has 5 heteroatoms. The molecular formula is C18H23N3O2. The van der Waals surface area contributed by atoms with Gasteiger partial charge in [0, 0.05) is 5.69 Å². The molecule has 122 valence electrons. The summed E-state index contributed by atoms with van der Waals surface area (Å²) in [6, 6.07) is 15.4. The van der Waals surface area contributed by atoms with E-state index in [0.29, 0.717) is 12.5 Å². The van der Waals surface area contributed by atoms with E-state index in [1.807, 2.05) is 62.4 Å². The van der Waals surface area contributed by atoms with E-state index < -0.39 is 0 Å². The van der Waals surface area contributed by atoms with E-state index in [1.54, 1.807) is 7.11 Å². The van der Waals surface area contributed by atoms with E-state index in [-0.39, 0.29) is 6.10 Å². The molecule has 23 heavy (non-hydrogen) atoms. The predicted molar refractivity (Wildman–Crippen MR) is 94.4 cm³/mol. The minimum Gasteiger partial charge on any atom is -0.497 e. The van der Waals surface area contributed by atoms with Crippen LogP contribution in [0.4, 0.5) is 5.69 Å². The first-order valence-electron chi connectivity index (χ1n) is 7.51. The second-order valence-electron chi connectivity index (χ2n) is 5.32. The van der Waals surface area contributed by atoms with Gasteiger partial charge < -0.3 is 20.5 Å². The lowest BCUT2D eigenvalue weighted by Gasteiger charge is -2.13. The fourth-order valence-corrected chi connectivity index (χ4v) is 2.06. The Hall–Kier alpha value is -2.69. The van der Waals surface area contributed by atoms with Crippen LogP contribution in [-0.4, -0.2) is 25.7 Å². The first-order chi connectivity index (χ1) is 11.1. The van der Waals surface area contributed by atoms with Crippen molar-refractivity contribution in [2.45, 2.75) is 20.0 Å². The molecule has 0 spiro atoms. The number of methoxy groups -OCH3 is 1. The lowest BCUT2D eigenvalue weighted by molar-refractivity contribution is 0.230. The predicted octanol–water partition coefficient (Wildman–Crippen LogP) is 3.20. The zero-order valence-corrected chi connectivity index (χ0v) is 13.7. The van der Waals surface area contributed by atoms with Crippen LogP contribution < -0.4 is 20.5 Å². The van der Waals surface area contributed by atoms with Crippen molar-refractivity contribution in [1.29, 1.82) is 0 Å². The van der Waals surface area contributed by atoms with Crippen molar-refractivity contribution in [1.82, 2.24) is 0 Å². The molecule has 1 atom stereocenters.